The largest absolute Gasteiger partial charge is 0.496 e. The number of carbonyl (C=O) groups excluding carboxylic acids is 1. The van der Waals surface area contributed by atoms with Crippen LogP contribution in [0.4, 0.5) is 8.78 Å². The second-order valence-electron chi connectivity index (χ2n) is 5.44. The fraction of sp³-hybridized carbons (Fsp3) is 0.222. The quantitative estimate of drug-likeness (QED) is 0.603. The van der Waals surface area contributed by atoms with Gasteiger partial charge >= 0.3 is 0 Å². The Morgan fingerprint density at radius 3 is 2.73 bits per heavy atom. The van der Waals surface area contributed by atoms with Crippen LogP contribution in [0.2, 0.25) is 0 Å². The van der Waals surface area contributed by atoms with Gasteiger partial charge in [0.1, 0.15) is 17.3 Å². The van der Waals surface area contributed by atoms with Crippen LogP contribution in [0.3, 0.4) is 0 Å². The first-order valence-electron chi connectivity index (χ1n) is 7.72. The molecule has 1 aromatic carbocycles. The van der Waals surface area contributed by atoms with E-state index < -0.39 is 18.0 Å². The predicted molar refractivity (Wildman–Crippen MR) is 95.3 cm³/mol. The highest BCUT2D eigenvalue weighted by atomic mass is 19.3. The number of carbonyl (C=O) groups is 1. The highest BCUT2D eigenvalue weighted by Crippen LogP contribution is 2.26. The van der Waals surface area contributed by atoms with Crippen molar-refractivity contribution in [1.82, 2.24) is 15.6 Å². The Hall–Kier alpha value is -3.16. The predicted octanol–water partition coefficient (Wildman–Crippen LogP) is 2.73. The molecule has 1 aromatic rings. The van der Waals surface area contributed by atoms with Gasteiger partial charge in [0.25, 0.3) is 12.3 Å². The van der Waals surface area contributed by atoms with Gasteiger partial charge in [-0.1, -0.05) is 24.8 Å². The Morgan fingerprint density at radius 2 is 2.12 bits per heavy atom. The average molecular weight is 362 g/mol. The molecule has 0 unspecified atom stereocenters. The molecule has 1 amide bonds. The number of alkyl halides is 2. The lowest BCUT2D eigenvalue weighted by Gasteiger charge is -2.30. The van der Waals surface area contributed by atoms with Crippen LogP contribution in [0, 0.1) is 0 Å². The van der Waals surface area contributed by atoms with E-state index in [4.69, 9.17) is 4.74 Å². The summed E-state index contributed by atoms with van der Waals surface area (Å²) in [5.41, 5.74) is 0.774. The van der Waals surface area contributed by atoms with Crippen LogP contribution in [-0.4, -0.2) is 31.2 Å². The molecule has 0 aliphatic carbocycles. The minimum Gasteiger partial charge on any atom is -0.496 e. The van der Waals surface area contributed by atoms with Crippen molar-refractivity contribution in [3.63, 3.8) is 0 Å². The van der Waals surface area contributed by atoms with Gasteiger partial charge in [-0.25, -0.2) is 13.8 Å². The van der Waals surface area contributed by atoms with Gasteiger partial charge in [0, 0.05) is 24.5 Å². The van der Waals surface area contributed by atoms with Crippen molar-refractivity contribution in [3.8, 4) is 5.75 Å². The molecular weight excluding hydrogens is 342 g/mol. The van der Waals surface area contributed by atoms with Crippen LogP contribution in [0.5, 0.6) is 5.75 Å². The second-order valence-corrected chi connectivity index (χ2v) is 5.44. The van der Waals surface area contributed by atoms with Gasteiger partial charge < -0.3 is 15.4 Å². The summed E-state index contributed by atoms with van der Waals surface area (Å²) in [6.45, 7) is 8.65. The first kappa shape index (κ1) is 19.2. The summed E-state index contributed by atoms with van der Waals surface area (Å²) in [6.07, 6.45) is -1.64. The third-order valence-electron chi connectivity index (χ3n) is 3.75. The van der Waals surface area contributed by atoms with E-state index in [1.807, 2.05) is 18.2 Å². The molecule has 2 N–H and O–H groups in total. The van der Waals surface area contributed by atoms with Crippen molar-refractivity contribution in [1.29, 1.82) is 0 Å². The van der Waals surface area contributed by atoms with Gasteiger partial charge in [0.15, 0.2) is 0 Å². The van der Waals surface area contributed by atoms with Crippen molar-refractivity contribution >= 4 is 12.6 Å². The Balaban J connectivity index is 2.23. The third-order valence-corrected chi connectivity index (χ3v) is 3.75. The molecule has 0 radical (unpaired) electrons. The van der Waals surface area contributed by atoms with Crippen LogP contribution >= 0.6 is 0 Å². The monoisotopic (exact) mass is 362 g/mol. The molecule has 2 rings (SSSR count). The minimum absolute atomic E-state index is 0.0836. The topological polar surface area (TPSA) is 66.0 Å². The van der Waals surface area contributed by atoms with E-state index in [-0.39, 0.29) is 23.6 Å². The highest BCUT2D eigenvalue weighted by Gasteiger charge is 2.29. The summed E-state index contributed by atoms with van der Waals surface area (Å²) < 4.78 is 31.7. The molecular formula is C18H20F2N4O2. The lowest BCUT2D eigenvalue weighted by molar-refractivity contribution is -0.117. The summed E-state index contributed by atoms with van der Waals surface area (Å²) in [4.78, 5) is 12.5. The first-order valence-corrected chi connectivity index (χ1v) is 7.72. The molecule has 1 aliphatic rings. The summed E-state index contributed by atoms with van der Waals surface area (Å²) >= 11 is 0. The lowest BCUT2D eigenvalue weighted by Crippen LogP contribution is -2.37. The standard InChI is InChI=1S/C18H20F2N4O2/c1-11-9-14(16(19)20)24(21-3)17(23-11)12(2)18(25)22-10-13-7-5-6-8-15(13)26-4/h5-9,16,23H,1,3,10H2,2,4H3,(H,22,25)/b17-12+. The van der Waals surface area contributed by atoms with Gasteiger partial charge in [-0.3, -0.25) is 4.79 Å². The number of hydrogen-bond donors (Lipinski definition) is 2. The molecule has 138 valence electrons. The number of nitrogens with one attached hydrogen (secondary N) is 2. The van der Waals surface area contributed by atoms with Crippen LogP contribution in [0.1, 0.15) is 12.5 Å². The maximum atomic E-state index is 13.2. The number of rotatable bonds is 6. The number of hydrogen-bond acceptors (Lipinski definition) is 5. The van der Waals surface area contributed by atoms with Gasteiger partial charge in [0.05, 0.1) is 12.7 Å². The Kier molecular flexibility index (Phi) is 6.11. The van der Waals surface area contributed by atoms with E-state index >= 15 is 0 Å². The molecule has 1 heterocycles. The molecule has 0 aromatic heterocycles. The first-order chi connectivity index (χ1) is 12.4. The highest BCUT2D eigenvalue weighted by molar-refractivity contribution is 5.93. The summed E-state index contributed by atoms with van der Waals surface area (Å²) in [5, 5.41) is 10.0. The van der Waals surface area contributed by atoms with Crippen molar-refractivity contribution in [2.75, 3.05) is 7.11 Å². The smallest absolute Gasteiger partial charge is 0.280 e. The van der Waals surface area contributed by atoms with E-state index in [1.165, 1.54) is 14.0 Å². The van der Waals surface area contributed by atoms with Gasteiger partial charge in [0.2, 0.25) is 0 Å². The number of benzene rings is 1. The molecule has 0 saturated carbocycles. The van der Waals surface area contributed by atoms with E-state index in [0.29, 0.717) is 5.75 Å². The number of hydrazone groups is 1. The lowest BCUT2D eigenvalue weighted by atomic mass is 10.1. The van der Waals surface area contributed by atoms with E-state index in [0.717, 1.165) is 16.6 Å². The van der Waals surface area contributed by atoms with Gasteiger partial charge in [-0.15, -0.1) is 0 Å². The number of allylic oxidation sites excluding steroid dienone is 2. The third kappa shape index (κ3) is 4.08. The minimum atomic E-state index is -2.79. The Bertz CT molecular complexity index is 787. The van der Waals surface area contributed by atoms with Crippen molar-refractivity contribution in [2.45, 2.75) is 19.9 Å². The SMILES string of the molecule is C=NN1C(C(F)F)=CC(=C)N/C1=C(/C)C(=O)NCc1ccccc1OC. The van der Waals surface area contributed by atoms with Gasteiger partial charge in [-0.2, -0.15) is 5.10 Å². The number of nitrogens with zero attached hydrogens (tertiary/aromatic N) is 2. The Morgan fingerprint density at radius 1 is 1.42 bits per heavy atom. The fourth-order valence-electron chi connectivity index (χ4n) is 2.43. The molecule has 0 saturated heterocycles. The van der Waals surface area contributed by atoms with Crippen LogP contribution in [0.15, 0.2) is 64.8 Å². The van der Waals surface area contributed by atoms with Crippen LogP contribution < -0.4 is 15.4 Å². The molecule has 0 bridgehead atoms. The van der Waals surface area contributed by atoms with E-state index in [9.17, 15) is 13.6 Å². The maximum absolute atomic E-state index is 13.2. The molecule has 0 atom stereocenters. The van der Waals surface area contributed by atoms with Gasteiger partial charge in [-0.05, 0) is 19.1 Å². The zero-order chi connectivity index (χ0) is 19.3. The summed E-state index contributed by atoms with van der Waals surface area (Å²) in [7, 11) is 1.54. The van der Waals surface area contributed by atoms with Crippen LogP contribution in [0.25, 0.3) is 0 Å². The van der Waals surface area contributed by atoms with Crippen molar-refractivity contribution < 1.29 is 18.3 Å². The normalized spacial score (nSPS) is 16.0. The molecule has 0 spiro atoms. The maximum Gasteiger partial charge on any atom is 0.280 e. The molecule has 8 heteroatoms. The second kappa shape index (κ2) is 8.28. The number of para-hydroxylation sites is 1. The molecule has 1 aliphatic heterocycles. The summed E-state index contributed by atoms with van der Waals surface area (Å²) in [5.74, 6) is 0.273. The van der Waals surface area contributed by atoms with Crippen LogP contribution in [-0.2, 0) is 11.3 Å². The molecule has 0 fully saturated rings. The number of amides is 1. The zero-order valence-electron chi connectivity index (χ0n) is 14.6. The van der Waals surface area contributed by atoms with Crippen molar-refractivity contribution in [2.24, 2.45) is 5.10 Å². The zero-order valence-corrected chi connectivity index (χ0v) is 14.6. The molecule has 26 heavy (non-hydrogen) atoms. The van der Waals surface area contributed by atoms with Crippen molar-refractivity contribution in [3.05, 3.63) is 65.3 Å². The number of ether oxygens (including phenoxy) is 1. The van der Waals surface area contributed by atoms with E-state index in [2.05, 4.69) is 29.0 Å². The summed E-state index contributed by atoms with van der Waals surface area (Å²) in [6, 6.07) is 7.24. The fourth-order valence-corrected chi connectivity index (χ4v) is 2.43. The van der Waals surface area contributed by atoms with E-state index in [1.54, 1.807) is 6.07 Å². The number of halogens is 2. The Labute approximate surface area is 150 Å². The molecule has 6 nitrogen and oxygen atoms in total. The number of methoxy groups -OCH3 is 1. The average Bonchev–Trinajstić information content (AvgIpc) is 2.64.